The highest BCUT2D eigenvalue weighted by Gasteiger charge is 2.22. The average molecular weight is 213 g/mol. The molecule has 0 spiro atoms. The summed E-state index contributed by atoms with van der Waals surface area (Å²) in [6.07, 6.45) is 5.42. The van der Waals surface area contributed by atoms with E-state index in [1.54, 1.807) is 0 Å². The molecule has 0 aromatic carbocycles. The molecule has 0 bridgehead atoms. The average Bonchev–Trinajstić information content (AvgIpc) is 2.91. The van der Waals surface area contributed by atoms with Crippen molar-refractivity contribution in [3.63, 3.8) is 0 Å². The van der Waals surface area contributed by atoms with Crippen molar-refractivity contribution in [3.8, 4) is 11.4 Å². The van der Waals surface area contributed by atoms with Crippen LogP contribution in [-0.2, 0) is 19.4 Å². The highest BCUT2D eigenvalue weighted by atomic mass is 15.3. The van der Waals surface area contributed by atoms with Crippen molar-refractivity contribution in [3.05, 3.63) is 35.7 Å². The van der Waals surface area contributed by atoms with Gasteiger partial charge in [-0.1, -0.05) is 6.07 Å². The van der Waals surface area contributed by atoms with Crippen molar-refractivity contribution in [1.29, 1.82) is 0 Å². The summed E-state index contributed by atoms with van der Waals surface area (Å²) in [5.74, 6) is 0. The maximum Gasteiger partial charge on any atom is 0.114 e. The van der Waals surface area contributed by atoms with Gasteiger partial charge in [0.15, 0.2) is 0 Å². The Morgan fingerprint density at radius 2 is 2.25 bits per heavy atom. The summed E-state index contributed by atoms with van der Waals surface area (Å²) >= 11 is 0. The summed E-state index contributed by atoms with van der Waals surface area (Å²) < 4.78 is 2.13. The maximum atomic E-state index is 4.67. The van der Waals surface area contributed by atoms with Crippen LogP contribution in [-0.4, -0.2) is 14.8 Å². The molecule has 2 aromatic heterocycles. The predicted molar refractivity (Wildman–Crippen MR) is 63.2 cm³/mol. The van der Waals surface area contributed by atoms with Gasteiger partial charge in [-0.3, -0.25) is 9.67 Å². The standard InChI is InChI=1S/C13H15N3/c1-2-16-12-8-5-6-10(12)13(15-16)11-7-3-4-9-14-11/h3-4,7,9H,2,5-6,8H2,1H3. The number of aryl methyl sites for hydroxylation is 1. The van der Waals surface area contributed by atoms with Crippen LogP contribution in [0, 0.1) is 0 Å². The Balaban J connectivity index is 2.15. The molecule has 2 aromatic rings. The van der Waals surface area contributed by atoms with E-state index >= 15 is 0 Å². The molecule has 0 saturated heterocycles. The summed E-state index contributed by atoms with van der Waals surface area (Å²) in [5, 5.41) is 4.67. The number of aromatic nitrogens is 3. The van der Waals surface area contributed by atoms with Crippen LogP contribution in [0.5, 0.6) is 0 Å². The lowest BCUT2D eigenvalue weighted by molar-refractivity contribution is 0.623. The van der Waals surface area contributed by atoms with Gasteiger partial charge in [0.05, 0.1) is 5.69 Å². The lowest BCUT2D eigenvalue weighted by Crippen LogP contribution is -2.01. The Bertz CT molecular complexity index is 499. The predicted octanol–water partition coefficient (Wildman–Crippen LogP) is 2.45. The summed E-state index contributed by atoms with van der Waals surface area (Å²) in [6.45, 7) is 3.10. The Hall–Kier alpha value is -1.64. The zero-order valence-electron chi connectivity index (χ0n) is 9.48. The zero-order chi connectivity index (χ0) is 11.0. The minimum absolute atomic E-state index is 0.954. The Morgan fingerprint density at radius 3 is 3.00 bits per heavy atom. The molecule has 16 heavy (non-hydrogen) atoms. The minimum Gasteiger partial charge on any atom is -0.269 e. The number of hydrogen-bond donors (Lipinski definition) is 0. The van der Waals surface area contributed by atoms with Crippen molar-refractivity contribution in [2.45, 2.75) is 32.7 Å². The van der Waals surface area contributed by atoms with Gasteiger partial charge in [0.1, 0.15) is 5.69 Å². The van der Waals surface area contributed by atoms with Crippen molar-refractivity contribution in [1.82, 2.24) is 14.8 Å². The number of pyridine rings is 1. The fourth-order valence-electron chi connectivity index (χ4n) is 2.48. The smallest absolute Gasteiger partial charge is 0.114 e. The molecule has 0 atom stereocenters. The second kappa shape index (κ2) is 3.74. The molecule has 0 amide bonds. The number of fused-ring (bicyclic) bond motifs is 1. The molecule has 0 fully saturated rings. The van der Waals surface area contributed by atoms with Crippen LogP contribution in [0.25, 0.3) is 11.4 Å². The first-order valence-corrected chi connectivity index (χ1v) is 5.90. The Labute approximate surface area is 95.1 Å². The third kappa shape index (κ3) is 1.35. The molecule has 1 aliphatic rings. The van der Waals surface area contributed by atoms with Gasteiger partial charge < -0.3 is 0 Å². The molecule has 2 heterocycles. The monoisotopic (exact) mass is 213 g/mol. The van der Waals surface area contributed by atoms with E-state index in [2.05, 4.69) is 21.7 Å². The summed E-state index contributed by atoms with van der Waals surface area (Å²) in [5.41, 5.74) is 4.94. The van der Waals surface area contributed by atoms with Gasteiger partial charge in [0.25, 0.3) is 0 Å². The van der Waals surface area contributed by atoms with Gasteiger partial charge in [-0.05, 0) is 38.3 Å². The summed E-state index contributed by atoms with van der Waals surface area (Å²) in [6, 6.07) is 6.01. The van der Waals surface area contributed by atoms with Gasteiger partial charge in [0.2, 0.25) is 0 Å². The van der Waals surface area contributed by atoms with Gasteiger partial charge in [-0.25, -0.2) is 0 Å². The molecule has 1 aliphatic carbocycles. The Morgan fingerprint density at radius 1 is 1.31 bits per heavy atom. The quantitative estimate of drug-likeness (QED) is 0.767. The number of hydrogen-bond acceptors (Lipinski definition) is 2. The first kappa shape index (κ1) is 9.58. The third-order valence-corrected chi connectivity index (χ3v) is 3.21. The fraction of sp³-hybridized carbons (Fsp3) is 0.385. The van der Waals surface area contributed by atoms with Gasteiger partial charge in [-0.15, -0.1) is 0 Å². The largest absolute Gasteiger partial charge is 0.269 e. The van der Waals surface area contributed by atoms with Gasteiger partial charge in [0, 0.05) is 24.0 Å². The van der Waals surface area contributed by atoms with E-state index < -0.39 is 0 Å². The summed E-state index contributed by atoms with van der Waals surface area (Å²) in [7, 11) is 0. The minimum atomic E-state index is 0.954. The van der Waals surface area contributed by atoms with E-state index in [1.807, 2.05) is 24.4 Å². The molecular formula is C13H15N3. The first-order chi connectivity index (χ1) is 7.90. The van der Waals surface area contributed by atoms with Crippen LogP contribution >= 0.6 is 0 Å². The van der Waals surface area contributed by atoms with Crippen LogP contribution < -0.4 is 0 Å². The molecule has 82 valence electrons. The van der Waals surface area contributed by atoms with Crippen LogP contribution in [0.2, 0.25) is 0 Å². The van der Waals surface area contributed by atoms with E-state index in [1.165, 1.54) is 24.1 Å². The SMILES string of the molecule is CCn1nc(-c2ccccn2)c2c1CCC2. The van der Waals surface area contributed by atoms with Crippen LogP contribution in [0.4, 0.5) is 0 Å². The lowest BCUT2D eigenvalue weighted by Gasteiger charge is -1.99. The van der Waals surface area contributed by atoms with Crippen LogP contribution in [0.15, 0.2) is 24.4 Å². The van der Waals surface area contributed by atoms with Crippen molar-refractivity contribution in [2.75, 3.05) is 0 Å². The third-order valence-electron chi connectivity index (χ3n) is 3.21. The molecule has 0 radical (unpaired) electrons. The topological polar surface area (TPSA) is 30.7 Å². The van der Waals surface area contributed by atoms with Gasteiger partial charge in [-0.2, -0.15) is 5.10 Å². The fourth-order valence-corrected chi connectivity index (χ4v) is 2.48. The second-order valence-corrected chi connectivity index (χ2v) is 4.16. The molecule has 0 unspecified atom stereocenters. The van der Waals surface area contributed by atoms with E-state index in [4.69, 9.17) is 0 Å². The lowest BCUT2D eigenvalue weighted by atomic mass is 10.1. The molecule has 0 aliphatic heterocycles. The molecule has 3 heteroatoms. The van der Waals surface area contributed by atoms with E-state index in [-0.39, 0.29) is 0 Å². The van der Waals surface area contributed by atoms with Crippen molar-refractivity contribution < 1.29 is 0 Å². The maximum absolute atomic E-state index is 4.67. The van der Waals surface area contributed by atoms with Crippen LogP contribution in [0.3, 0.4) is 0 Å². The van der Waals surface area contributed by atoms with Crippen LogP contribution in [0.1, 0.15) is 24.6 Å². The van der Waals surface area contributed by atoms with E-state index in [0.717, 1.165) is 24.4 Å². The van der Waals surface area contributed by atoms with Gasteiger partial charge >= 0.3 is 0 Å². The molecule has 3 rings (SSSR count). The highest BCUT2D eigenvalue weighted by molar-refractivity contribution is 5.61. The first-order valence-electron chi connectivity index (χ1n) is 5.90. The molecule has 3 nitrogen and oxygen atoms in total. The van der Waals surface area contributed by atoms with E-state index in [9.17, 15) is 0 Å². The van der Waals surface area contributed by atoms with E-state index in [0.29, 0.717) is 0 Å². The molecule has 0 N–H and O–H groups in total. The van der Waals surface area contributed by atoms with Crippen molar-refractivity contribution in [2.24, 2.45) is 0 Å². The number of nitrogens with zero attached hydrogens (tertiary/aromatic N) is 3. The normalized spacial score (nSPS) is 14.1. The number of rotatable bonds is 2. The van der Waals surface area contributed by atoms with Crippen molar-refractivity contribution >= 4 is 0 Å². The Kier molecular flexibility index (Phi) is 2.24. The summed E-state index contributed by atoms with van der Waals surface area (Å²) in [4.78, 5) is 4.40. The zero-order valence-corrected chi connectivity index (χ0v) is 9.48. The molecular weight excluding hydrogens is 198 g/mol. The second-order valence-electron chi connectivity index (χ2n) is 4.16. The molecule has 0 saturated carbocycles. The highest BCUT2D eigenvalue weighted by Crippen LogP contribution is 2.30.